The van der Waals surface area contributed by atoms with Gasteiger partial charge in [-0.05, 0) is 28.8 Å². The highest BCUT2D eigenvalue weighted by Crippen LogP contribution is 2.23. The fourth-order valence-corrected chi connectivity index (χ4v) is 2.42. The number of nitriles is 1. The summed E-state index contributed by atoms with van der Waals surface area (Å²) in [6.07, 6.45) is 1.70. The van der Waals surface area contributed by atoms with Crippen molar-refractivity contribution in [3.8, 4) is 17.2 Å². The molecule has 0 bridgehead atoms. The van der Waals surface area contributed by atoms with Crippen LogP contribution >= 0.6 is 0 Å². The maximum atomic E-state index is 13.8. The lowest BCUT2D eigenvalue weighted by atomic mass is 10.0. The minimum absolute atomic E-state index is 0.315. The molecule has 0 aliphatic rings. The molecule has 110 valence electrons. The Hall–Kier alpha value is -3.18. The lowest BCUT2D eigenvalue weighted by Crippen LogP contribution is -1.87. The van der Waals surface area contributed by atoms with Crippen molar-refractivity contribution in [1.29, 1.82) is 5.26 Å². The molecule has 0 spiro atoms. The zero-order chi connectivity index (χ0) is 16.1. The second kappa shape index (κ2) is 6.72. The first-order valence-corrected chi connectivity index (χ1v) is 7.30. The number of rotatable bonds is 3. The van der Waals surface area contributed by atoms with Crippen molar-refractivity contribution in [2.45, 2.75) is 0 Å². The zero-order valence-electron chi connectivity index (χ0n) is 12.4. The molecule has 0 saturated heterocycles. The average Bonchev–Trinajstić information content (AvgIpc) is 2.62. The highest BCUT2D eigenvalue weighted by molar-refractivity contribution is 5.90. The Labute approximate surface area is 135 Å². The number of hydrogen-bond acceptors (Lipinski definition) is 1. The van der Waals surface area contributed by atoms with Crippen LogP contribution in [0.1, 0.15) is 11.1 Å². The molecular formula is C21H14FN. The molecule has 0 aliphatic heterocycles. The van der Waals surface area contributed by atoms with E-state index in [4.69, 9.17) is 0 Å². The van der Waals surface area contributed by atoms with Crippen LogP contribution in [0.2, 0.25) is 0 Å². The quantitative estimate of drug-likeness (QED) is 0.459. The monoisotopic (exact) mass is 299 g/mol. The summed E-state index contributed by atoms with van der Waals surface area (Å²) >= 11 is 0. The predicted molar refractivity (Wildman–Crippen MR) is 91.8 cm³/mol. The van der Waals surface area contributed by atoms with Gasteiger partial charge in [0, 0.05) is 5.56 Å². The molecule has 0 heterocycles. The number of benzene rings is 3. The third-order valence-corrected chi connectivity index (χ3v) is 3.61. The summed E-state index contributed by atoms with van der Waals surface area (Å²) in [5.41, 5.74) is 3.74. The Kier molecular flexibility index (Phi) is 4.31. The van der Waals surface area contributed by atoms with Crippen LogP contribution in [0.15, 0.2) is 78.9 Å². The van der Waals surface area contributed by atoms with Crippen LogP contribution in [0.3, 0.4) is 0 Å². The van der Waals surface area contributed by atoms with Crippen molar-refractivity contribution in [3.05, 3.63) is 95.8 Å². The van der Waals surface area contributed by atoms with E-state index in [-0.39, 0.29) is 5.82 Å². The van der Waals surface area contributed by atoms with Crippen molar-refractivity contribution < 1.29 is 4.39 Å². The SMILES string of the molecule is N#CC(=Cc1ccc(-c2ccccc2)cc1)c1ccccc1F. The van der Waals surface area contributed by atoms with Crippen LogP contribution in [0.5, 0.6) is 0 Å². The molecule has 23 heavy (non-hydrogen) atoms. The van der Waals surface area contributed by atoms with Crippen molar-refractivity contribution in [3.63, 3.8) is 0 Å². The Morgan fingerprint density at radius 1 is 0.783 bits per heavy atom. The number of hydrogen-bond donors (Lipinski definition) is 0. The smallest absolute Gasteiger partial charge is 0.131 e. The van der Waals surface area contributed by atoms with Gasteiger partial charge < -0.3 is 0 Å². The van der Waals surface area contributed by atoms with E-state index in [2.05, 4.69) is 6.07 Å². The third-order valence-electron chi connectivity index (χ3n) is 3.61. The molecule has 3 aromatic carbocycles. The second-order valence-electron chi connectivity index (χ2n) is 5.14. The summed E-state index contributed by atoms with van der Waals surface area (Å²) in [7, 11) is 0. The van der Waals surface area contributed by atoms with Crippen molar-refractivity contribution in [2.24, 2.45) is 0 Å². The van der Waals surface area contributed by atoms with Gasteiger partial charge in [0.2, 0.25) is 0 Å². The number of nitrogens with zero attached hydrogens (tertiary/aromatic N) is 1. The van der Waals surface area contributed by atoms with Crippen LogP contribution < -0.4 is 0 Å². The van der Waals surface area contributed by atoms with Crippen LogP contribution in [0.4, 0.5) is 4.39 Å². The lowest BCUT2D eigenvalue weighted by molar-refractivity contribution is 0.624. The maximum absolute atomic E-state index is 13.8. The summed E-state index contributed by atoms with van der Waals surface area (Å²) in [6, 6.07) is 26.3. The normalized spacial score (nSPS) is 11.0. The average molecular weight is 299 g/mol. The van der Waals surface area contributed by atoms with Crippen molar-refractivity contribution >= 4 is 11.6 Å². The van der Waals surface area contributed by atoms with E-state index in [9.17, 15) is 9.65 Å². The van der Waals surface area contributed by atoms with E-state index in [0.29, 0.717) is 11.1 Å². The first kappa shape index (κ1) is 14.7. The van der Waals surface area contributed by atoms with Gasteiger partial charge in [0.25, 0.3) is 0 Å². The minimum Gasteiger partial charge on any atom is -0.206 e. The van der Waals surface area contributed by atoms with E-state index < -0.39 is 0 Å². The van der Waals surface area contributed by atoms with Crippen LogP contribution in [-0.2, 0) is 0 Å². The molecule has 2 heteroatoms. The molecule has 0 aliphatic carbocycles. The molecule has 0 unspecified atom stereocenters. The first-order chi connectivity index (χ1) is 11.3. The van der Waals surface area contributed by atoms with Gasteiger partial charge in [0.05, 0.1) is 11.6 Å². The largest absolute Gasteiger partial charge is 0.206 e. The molecular weight excluding hydrogens is 285 g/mol. The maximum Gasteiger partial charge on any atom is 0.131 e. The highest BCUT2D eigenvalue weighted by atomic mass is 19.1. The van der Waals surface area contributed by atoms with Gasteiger partial charge in [0.1, 0.15) is 5.82 Å². The number of halogens is 1. The van der Waals surface area contributed by atoms with Crippen molar-refractivity contribution in [1.82, 2.24) is 0 Å². The van der Waals surface area contributed by atoms with Gasteiger partial charge in [-0.25, -0.2) is 4.39 Å². The second-order valence-corrected chi connectivity index (χ2v) is 5.14. The summed E-state index contributed by atoms with van der Waals surface area (Å²) in [6.45, 7) is 0. The van der Waals surface area contributed by atoms with Gasteiger partial charge in [0.15, 0.2) is 0 Å². The number of allylic oxidation sites excluding steroid dienone is 1. The van der Waals surface area contributed by atoms with Gasteiger partial charge in [-0.3, -0.25) is 0 Å². The summed E-state index contributed by atoms with van der Waals surface area (Å²) < 4.78 is 13.8. The zero-order valence-corrected chi connectivity index (χ0v) is 12.4. The first-order valence-electron chi connectivity index (χ1n) is 7.30. The van der Waals surface area contributed by atoms with E-state index in [1.54, 1.807) is 24.3 Å². The minimum atomic E-state index is -0.388. The van der Waals surface area contributed by atoms with Crippen LogP contribution in [0, 0.1) is 17.1 Å². The van der Waals surface area contributed by atoms with E-state index in [0.717, 1.165) is 16.7 Å². The molecule has 3 aromatic rings. The van der Waals surface area contributed by atoms with Crippen molar-refractivity contribution in [2.75, 3.05) is 0 Å². The van der Waals surface area contributed by atoms with Gasteiger partial charge in [-0.1, -0.05) is 72.8 Å². The summed E-state index contributed by atoms with van der Waals surface area (Å²) in [5.74, 6) is -0.388. The standard InChI is InChI=1S/C21H14FN/c22-21-9-5-4-8-20(21)19(15-23)14-16-10-12-18(13-11-16)17-6-2-1-3-7-17/h1-14H. The Morgan fingerprint density at radius 2 is 1.39 bits per heavy atom. The lowest BCUT2D eigenvalue weighted by Gasteiger charge is -2.04. The molecule has 0 N–H and O–H groups in total. The fourth-order valence-electron chi connectivity index (χ4n) is 2.42. The topological polar surface area (TPSA) is 23.8 Å². The molecule has 0 saturated carbocycles. The van der Waals surface area contributed by atoms with E-state index in [1.165, 1.54) is 6.07 Å². The van der Waals surface area contributed by atoms with E-state index in [1.807, 2.05) is 54.6 Å². The fraction of sp³-hybridized carbons (Fsp3) is 0. The van der Waals surface area contributed by atoms with Crippen LogP contribution in [0.25, 0.3) is 22.8 Å². The third kappa shape index (κ3) is 3.36. The molecule has 0 fully saturated rings. The summed E-state index contributed by atoms with van der Waals surface area (Å²) in [5, 5.41) is 9.31. The van der Waals surface area contributed by atoms with Gasteiger partial charge in [-0.15, -0.1) is 0 Å². The molecule has 0 atom stereocenters. The molecule has 0 radical (unpaired) electrons. The molecule has 1 nitrogen and oxygen atoms in total. The predicted octanol–water partition coefficient (Wildman–Crippen LogP) is 5.56. The molecule has 0 amide bonds. The Morgan fingerprint density at radius 3 is 2.04 bits per heavy atom. The van der Waals surface area contributed by atoms with Crippen LogP contribution in [-0.4, -0.2) is 0 Å². The van der Waals surface area contributed by atoms with Gasteiger partial charge in [-0.2, -0.15) is 5.26 Å². The van der Waals surface area contributed by atoms with E-state index >= 15 is 0 Å². The summed E-state index contributed by atoms with van der Waals surface area (Å²) in [4.78, 5) is 0. The highest BCUT2D eigenvalue weighted by Gasteiger charge is 2.06. The molecule has 0 aromatic heterocycles. The Bertz CT molecular complexity index is 872. The Balaban J connectivity index is 1.93. The molecule has 3 rings (SSSR count). The van der Waals surface area contributed by atoms with Gasteiger partial charge >= 0.3 is 0 Å².